The van der Waals surface area contributed by atoms with Crippen molar-refractivity contribution in [1.29, 1.82) is 0 Å². The van der Waals surface area contributed by atoms with Gasteiger partial charge in [-0.15, -0.1) is 5.11 Å². The highest BCUT2D eigenvalue weighted by molar-refractivity contribution is 6.60. The summed E-state index contributed by atoms with van der Waals surface area (Å²) >= 11 is 5.78. The largest absolute Gasteiger partial charge is 0.490 e. The maximum atomic E-state index is 9.20. The van der Waals surface area contributed by atoms with E-state index in [1.54, 1.807) is 12.1 Å². The highest BCUT2D eigenvalue weighted by atomic mass is 35.5. The standard InChI is InChI=1S/C10H13BClN3O2/c12-8-3-4-10(9(7-8)11(16)17)13-14-15-5-1-2-6-15/h3-4,7,16-17H,1-2,5-6H2. The Bertz CT molecular complexity index is 422. The first-order valence-corrected chi connectivity index (χ1v) is 5.87. The molecule has 0 amide bonds. The maximum Gasteiger partial charge on any atom is 0.490 e. The molecule has 1 aliphatic rings. The lowest BCUT2D eigenvalue weighted by molar-refractivity contribution is 0.336. The van der Waals surface area contributed by atoms with E-state index in [0.717, 1.165) is 25.9 Å². The van der Waals surface area contributed by atoms with Crippen molar-refractivity contribution >= 4 is 29.9 Å². The van der Waals surface area contributed by atoms with Crippen LogP contribution in [-0.2, 0) is 0 Å². The summed E-state index contributed by atoms with van der Waals surface area (Å²) in [6.45, 7) is 1.79. The molecule has 1 aliphatic heterocycles. The van der Waals surface area contributed by atoms with Crippen molar-refractivity contribution in [1.82, 2.24) is 5.01 Å². The topological polar surface area (TPSA) is 68.4 Å². The number of benzene rings is 1. The van der Waals surface area contributed by atoms with Crippen LogP contribution in [0.3, 0.4) is 0 Å². The molecule has 0 atom stereocenters. The summed E-state index contributed by atoms with van der Waals surface area (Å²) < 4.78 is 0. The van der Waals surface area contributed by atoms with Crippen LogP contribution in [0.5, 0.6) is 0 Å². The van der Waals surface area contributed by atoms with Gasteiger partial charge >= 0.3 is 7.12 Å². The summed E-state index contributed by atoms with van der Waals surface area (Å²) in [6.07, 6.45) is 2.24. The third kappa shape index (κ3) is 3.18. The Kier molecular flexibility index (Phi) is 3.99. The van der Waals surface area contributed by atoms with Gasteiger partial charge in [-0.2, -0.15) is 0 Å². The molecule has 2 N–H and O–H groups in total. The van der Waals surface area contributed by atoms with Crippen molar-refractivity contribution in [3.63, 3.8) is 0 Å². The van der Waals surface area contributed by atoms with Gasteiger partial charge in [0.25, 0.3) is 0 Å². The molecule has 1 saturated heterocycles. The van der Waals surface area contributed by atoms with E-state index in [-0.39, 0.29) is 5.46 Å². The number of hydrogen-bond acceptors (Lipinski definition) is 4. The second kappa shape index (κ2) is 5.49. The van der Waals surface area contributed by atoms with Crippen molar-refractivity contribution < 1.29 is 10.0 Å². The van der Waals surface area contributed by atoms with Gasteiger partial charge in [-0.05, 0) is 31.0 Å². The van der Waals surface area contributed by atoms with Crippen molar-refractivity contribution in [3.8, 4) is 0 Å². The molecule has 2 rings (SSSR count). The Hall–Kier alpha value is -1.11. The Morgan fingerprint density at radius 1 is 1.24 bits per heavy atom. The monoisotopic (exact) mass is 253 g/mol. The second-order valence-electron chi connectivity index (χ2n) is 3.93. The molecule has 1 aromatic carbocycles. The first kappa shape index (κ1) is 12.4. The molecule has 1 fully saturated rings. The van der Waals surface area contributed by atoms with Crippen molar-refractivity contribution in [2.24, 2.45) is 10.3 Å². The second-order valence-corrected chi connectivity index (χ2v) is 4.36. The fourth-order valence-electron chi connectivity index (χ4n) is 1.72. The third-order valence-electron chi connectivity index (χ3n) is 2.63. The Labute approximate surface area is 105 Å². The maximum absolute atomic E-state index is 9.20. The van der Waals surface area contributed by atoms with Crippen molar-refractivity contribution in [2.75, 3.05) is 13.1 Å². The number of nitrogens with zero attached hydrogens (tertiary/aromatic N) is 3. The zero-order chi connectivity index (χ0) is 12.3. The first-order chi connectivity index (χ1) is 8.16. The minimum Gasteiger partial charge on any atom is -0.423 e. The quantitative estimate of drug-likeness (QED) is 0.626. The van der Waals surface area contributed by atoms with Gasteiger partial charge in [0.2, 0.25) is 0 Å². The van der Waals surface area contributed by atoms with Gasteiger partial charge in [0.05, 0.1) is 5.69 Å². The third-order valence-corrected chi connectivity index (χ3v) is 2.86. The van der Waals surface area contributed by atoms with Crippen LogP contribution in [0.2, 0.25) is 5.02 Å². The zero-order valence-corrected chi connectivity index (χ0v) is 10.0. The molecule has 0 unspecified atom stereocenters. The van der Waals surface area contributed by atoms with Crippen LogP contribution >= 0.6 is 11.6 Å². The van der Waals surface area contributed by atoms with E-state index in [4.69, 9.17) is 11.6 Å². The average molecular weight is 253 g/mol. The highest BCUT2D eigenvalue weighted by Crippen LogP contribution is 2.17. The summed E-state index contributed by atoms with van der Waals surface area (Å²) in [7, 11) is -1.60. The molecular weight excluding hydrogens is 240 g/mol. The van der Waals surface area contributed by atoms with Gasteiger partial charge in [0.15, 0.2) is 0 Å². The van der Waals surface area contributed by atoms with Crippen molar-refractivity contribution in [3.05, 3.63) is 23.2 Å². The Morgan fingerprint density at radius 3 is 2.59 bits per heavy atom. The summed E-state index contributed by atoms with van der Waals surface area (Å²) in [4.78, 5) is 0. The van der Waals surface area contributed by atoms with Crippen LogP contribution < -0.4 is 5.46 Å². The normalized spacial score (nSPS) is 15.8. The van der Waals surface area contributed by atoms with Crippen LogP contribution in [0, 0.1) is 0 Å². The zero-order valence-electron chi connectivity index (χ0n) is 9.25. The molecule has 0 saturated carbocycles. The van der Waals surface area contributed by atoms with Crippen LogP contribution in [0.25, 0.3) is 0 Å². The van der Waals surface area contributed by atoms with Gasteiger partial charge in [0.1, 0.15) is 0 Å². The smallest absolute Gasteiger partial charge is 0.423 e. The summed E-state index contributed by atoms with van der Waals surface area (Å²) in [5.41, 5.74) is 0.691. The Balaban J connectivity index is 2.19. The molecule has 5 nitrogen and oxygen atoms in total. The van der Waals surface area contributed by atoms with E-state index in [9.17, 15) is 10.0 Å². The molecule has 7 heteroatoms. The number of rotatable bonds is 3. The molecule has 17 heavy (non-hydrogen) atoms. The Morgan fingerprint density at radius 2 is 1.94 bits per heavy atom. The molecule has 1 heterocycles. The van der Waals surface area contributed by atoms with Gasteiger partial charge < -0.3 is 10.0 Å². The van der Waals surface area contributed by atoms with E-state index in [1.807, 2.05) is 5.01 Å². The van der Waals surface area contributed by atoms with E-state index in [1.165, 1.54) is 6.07 Å². The molecule has 0 aliphatic carbocycles. The molecule has 0 bridgehead atoms. The van der Waals surface area contributed by atoms with Crippen LogP contribution in [0.4, 0.5) is 5.69 Å². The van der Waals surface area contributed by atoms with E-state index in [2.05, 4.69) is 10.3 Å². The molecule has 0 radical (unpaired) electrons. The van der Waals surface area contributed by atoms with Gasteiger partial charge in [-0.3, -0.25) is 5.01 Å². The molecule has 0 aromatic heterocycles. The molecule has 90 valence electrons. The van der Waals surface area contributed by atoms with Crippen molar-refractivity contribution in [2.45, 2.75) is 12.8 Å². The van der Waals surface area contributed by atoms with E-state index in [0.29, 0.717) is 10.7 Å². The van der Waals surface area contributed by atoms with Gasteiger partial charge in [-0.25, -0.2) is 0 Å². The molecular formula is C10H13BClN3O2. The number of halogens is 1. The fraction of sp³-hybridized carbons (Fsp3) is 0.400. The lowest BCUT2D eigenvalue weighted by atomic mass is 9.79. The predicted octanol–water partition coefficient (Wildman–Crippen LogP) is 1.11. The SMILES string of the molecule is OB(O)c1cc(Cl)ccc1N=NN1CCCC1. The van der Waals surface area contributed by atoms with Crippen LogP contribution in [0.1, 0.15) is 12.8 Å². The average Bonchev–Trinajstić information content (AvgIpc) is 2.80. The lowest BCUT2D eigenvalue weighted by Crippen LogP contribution is -2.30. The fourth-order valence-corrected chi connectivity index (χ4v) is 1.91. The number of hydrogen-bond donors (Lipinski definition) is 2. The minimum atomic E-state index is -1.60. The van der Waals surface area contributed by atoms with E-state index < -0.39 is 7.12 Å². The summed E-state index contributed by atoms with van der Waals surface area (Å²) in [5, 5.41) is 28.8. The first-order valence-electron chi connectivity index (χ1n) is 5.49. The van der Waals surface area contributed by atoms with Gasteiger partial charge in [0, 0.05) is 23.6 Å². The predicted molar refractivity (Wildman–Crippen MR) is 66.6 cm³/mol. The molecule has 0 spiro atoms. The van der Waals surface area contributed by atoms with Gasteiger partial charge in [-0.1, -0.05) is 16.8 Å². The highest BCUT2D eigenvalue weighted by Gasteiger charge is 2.17. The minimum absolute atomic E-state index is 0.264. The van der Waals surface area contributed by atoms with Crippen LogP contribution in [-0.4, -0.2) is 35.3 Å². The van der Waals surface area contributed by atoms with Crippen LogP contribution in [0.15, 0.2) is 28.5 Å². The summed E-state index contributed by atoms with van der Waals surface area (Å²) in [6, 6.07) is 4.74. The van der Waals surface area contributed by atoms with E-state index >= 15 is 0 Å². The summed E-state index contributed by atoms with van der Waals surface area (Å²) in [5.74, 6) is 0. The molecule has 1 aromatic rings. The lowest BCUT2D eigenvalue weighted by Gasteiger charge is -2.08.